The molecule has 1 saturated heterocycles. The molecule has 1 atom stereocenters. The summed E-state index contributed by atoms with van der Waals surface area (Å²) < 4.78 is 4.99. The Hall–Kier alpha value is -2.61. The lowest BCUT2D eigenvalue weighted by Crippen LogP contribution is -2.53. The summed E-state index contributed by atoms with van der Waals surface area (Å²) in [6.07, 6.45) is 0. The van der Waals surface area contributed by atoms with E-state index in [4.69, 9.17) is 27.9 Å². The van der Waals surface area contributed by atoms with Gasteiger partial charge in [-0.2, -0.15) is 0 Å². The molecule has 1 aliphatic rings. The highest BCUT2D eigenvalue weighted by Gasteiger charge is 2.33. The summed E-state index contributed by atoms with van der Waals surface area (Å²) in [6.45, 7) is 1.64. The molecule has 9 heteroatoms. The van der Waals surface area contributed by atoms with Crippen molar-refractivity contribution in [3.05, 3.63) is 69.7 Å². The third-order valence-electron chi connectivity index (χ3n) is 5.18. The van der Waals surface area contributed by atoms with Crippen LogP contribution < -0.4 is 5.32 Å². The lowest BCUT2D eigenvalue weighted by Gasteiger charge is -2.38. The summed E-state index contributed by atoms with van der Waals surface area (Å²) >= 11 is 12.3. The fraction of sp³-hybridized carbons (Fsp3) is 0.318. The predicted octanol–water partition coefficient (Wildman–Crippen LogP) is 2.78. The number of rotatable bonds is 6. The summed E-state index contributed by atoms with van der Waals surface area (Å²) in [6, 6.07) is 13.2. The monoisotopic (exact) mass is 463 g/mol. The first-order valence-electron chi connectivity index (χ1n) is 9.79. The van der Waals surface area contributed by atoms with Crippen LogP contribution in [0.15, 0.2) is 48.5 Å². The quantitative estimate of drug-likeness (QED) is 0.666. The molecule has 0 aliphatic carbocycles. The van der Waals surface area contributed by atoms with E-state index >= 15 is 0 Å². The van der Waals surface area contributed by atoms with Gasteiger partial charge in [0.15, 0.2) is 0 Å². The highest BCUT2D eigenvalue weighted by Crippen LogP contribution is 2.29. The largest absolute Gasteiger partial charge is 0.468 e. The smallest absolute Gasteiger partial charge is 0.327 e. The Bertz CT molecular complexity index is 961. The van der Waals surface area contributed by atoms with Gasteiger partial charge in [0.1, 0.15) is 6.04 Å². The van der Waals surface area contributed by atoms with Crippen LogP contribution in [0.4, 0.5) is 0 Å². The first-order chi connectivity index (χ1) is 14.9. The van der Waals surface area contributed by atoms with Gasteiger partial charge in [0.05, 0.1) is 24.2 Å². The molecule has 1 unspecified atom stereocenters. The van der Waals surface area contributed by atoms with Crippen LogP contribution in [0.2, 0.25) is 10.0 Å². The van der Waals surface area contributed by atoms with E-state index in [0.717, 1.165) is 0 Å². The molecule has 31 heavy (non-hydrogen) atoms. The molecule has 7 nitrogen and oxygen atoms in total. The number of hydrogen-bond donors (Lipinski definition) is 1. The van der Waals surface area contributed by atoms with Gasteiger partial charge in [-0.15, -0.1) is 0 Å². The van der Waals surface area contributed by atoms with E-state index in [1.54, 1.807) is 47.4 Å². The maximum atomic E-state index is 12.6. The highest BCUT2D eigenvalue weighted by molar-refractivity contribution is 6.33. The lowest BCUT2D eigenvalue weighted by molar-refractivity contribution is -0.148. The van der Waals surface area contributed by atoms with Gasteiger partial charge >= 0.3 is 5.97 Å². The maximum absolute atomic E-state index is 12.6. The molecular formula is C22H23Cl2N3O4. The number of halogens is 2. The summed E-state index contributed by atoms with van der Waals surface area (Å²) in [5.41, 5.74) is 0.991. The van der Waals surface area contributed by atoms with Gasteiger partial charge in [-0.3, -0.25) is 14.5 Å². The van der Waals surface area contributed by atoms with Crippen molar-refractivity contribution in [1.82, 2.24) is 15.1 Å². The summed E-state index contributed by atoms with van der Waals surface area (Å²) in [7, 11) is 1.34. The minimum atomic E-state index is -0.643. The molecule has 2 amide bonds. The lowest BCUT2D eigenvalue weighted by atomic mass is 10.0. The molecule has 3 rings (SSSR count). The van der Waals surface area contributed by atoms with Crippen molar-refractivity contribution in [2.45, 2.75) is 6.04 Å². The summed E-state index contributed by atoms with van der Waals surface area (Å²) in [5, 5.41) is 3.42. The first kappa shape index (κ1) is 23.1. The summed E-state index contributed by atoms with van der Waals surface area (Å²) in [4.78, 5) is 40.9. The van der Waals surface area contributed by atoms with Crippen LogP contribution in [0.25, 0.3) is 0 Å². The number of hydrogen-bond acceptors (Lipinski definition) is 5. The summed E-state index contributed by atoms with van der Waals surface area (Å²) in [5.74, 6) is -1.01. The van der Waals surface area contributed by atoms with Gasteiger partial charge in [0.25, 0.3) is 5.91 Å². The number of benzene rings is 2. The topological polar surface area (TPSA) is 79.0 Å². The van der Waals surface area contributed by atoms with E-state index in [-0.39, 0.29) is 12.5 Å². The fourth-order valence-electron chi connectivity index (χ4n) is 3.52. The minimum Gasteiger partial charge on any atom is -0.468 e. The van der Waals surface area contributed by atoms with Crippen molar-refractivity contribution >= 4 is 41.0 Å². The number of nitrogens with zero attached hydrogens (tertiary/aromatic N) is 2. The molecule has 164 valence electrons. The van der Waals surface area contributed by atoms with Crippen molar-refractivity contribution in [2.75, 3.05) is 39.8 Å². The number of nitrogens with one attached hydrogen (secondary N) is 1. The molecule has 1 heterocycles. The average molecular weight is 464 g/mol. The van der Waals surface area contributed by atoms with Crippen LogP contribution in [0, 0.1) is 0 Å². The van der Waals surface area contributed by atoms with Crippen molar-refractivity contribution in [3.63, 3.8) is 0 Å². The second-order valence-electron chi connectivity index (χ2n) is 7.03. The van der Waals surface area contributed by atoms with Crippen LogP contribution in [-0.4, -0.2) is 67.4 Å². The Balaban J connectivity index is 1.58. The van der Waals surface area contributed by atoms with E-state index in [1.807, 2.05) is 11.0 Å². The zero-order valence-corrected chi connectivity index (χ0v) is 18.5. The van der Waals surface area contributed by atoms with E-state index < -0.39 is 17.9 Å². The van der Waals surface area contributed by atoms with E-state index in [1.165, 1.54) is 7.11 Å². The Kier molecular flexibility index (Phi) is 7.90. The average Bonchev–Trinajstić information content (AvgIpc) is 2.79. The number of piperazine rings is 1. The molecular weight excluding hydrogens is 441 g/mol. The third kappa shape index (κ3) is 5.55. The molecule has 0 radical (unpaired) electrons. The van der Waals surface area contributed by atoms with Gasteiger partial charge in [-0.25, -0.2) is 4.79 Å². The molecule has 2 aromatic carbocycles. The predicted molar refractivity (Wildman–Crippen MR) is 118 cm³/mol. The van der Waals surface area contributed by atoms with Crippen molar-refractivity contribution in [1.29, 1.82) is 0 Å². The Morgan fingerprint density at radius 3 is 2.19 bits per heavy atom. The highest BCUT2D eigenvalue weighted by atomic mass is 35.5. The Morgan fingerprint density at radius 1 is 0.968 bits per heavy atom. The van der Waals surface area contributed by atoms with Crippen molar-refractivity contribution < 1.29 is 19.1 Å². The van der Waals surface area contributed by atoms with E-state index in [9.17, 15) is 14.4 Å². The number of ether oxygens (including phenoxy) is 1. The molecule has 1 fully saturated rings. The number of methoxy groups -OCH3 is 1. The van der Waals surface area contributed by atoms with Gasteiger partial charge in [-0.1, -0.05) is 53.5 Å². The van der Waals surface area contributed by atoms with E-state index in [2.05, 4.69) is 5.32 Å². The Morgan fingerprint density at radius 2 is 1.58 bits per heavy atom. The van der Waals surface area contributed by atoms with Gasteiger partial charge in [0.2, 0.25) is 5.91 Å². The van der Waals surface area contributed by atoms with Gasteiger partial charge in [-0.05, 0) is 23.8 Å². The van der Waals surface area contributed by atoms with Crippen molar-refractivity contribution in [3.8, 4) is 0 Å². The molecule has 2 aromatic rings. The second-order valence-corrected chi connectivity index (χ2v) is 7.84. The van der Waals surface area contributed by atoms with Gasteiger partial charge in [0, 0.05) is 31.2 Å². The number of carbonyl (C=O) groups is 3. The fourth-order valence-corrected chi connectivity index (χ4v) is 3.98. The van der Waals surface area contributed by atoms with Crippen LogP contribution in [0.5, 0.6) is 0 Å². The number of amides is 2. The second kappa shape index (κ2) is 10.6. The van der Waals surface area contributed by atoms with Crippen molar-refractivity contribution in [2.24, 2.45) is 0 Å². The molecule has 0 bridgehead atoms. The molecule has 1 aliphatic heterocycles. The SMILES string of the molecule is COC(=O)C(c1ccccc1Cl)N1CCN(C(=O)CNC(=O)c2ccccc2Cl)CC1. The molecule has 0 saturated carbocycles. The zero-order valence-electron chi connectivity index (χ0n) is 17.0. The van der Waals surface area contributed by atoms with E-state index in [0.29, 0.717) is 47.4 Å². The normalized spacial score (nSPS) is 15.3. The molecule has 0 spiro atoms. The third-order valence-corrected chi connectivity index (χ3v) is 5.85. The van der Waals surface area contributed by atoms with Gasteiger partial charge < -0.3 is 15.0 Å². The molecule has 0 aromatic heterocycles. The first-order valence-corrected chi connectivity index (χ1v) is 10.5. The minimum absolute atomic E-state index is 0.130. The Labute approximate surface area is 190 Å². The van der Waals surface area contributed by atoms with Crippen LogP contribution >= 0.6 is 23.2 Å². The van der Waals surface area contributed by atoms with Crippen LogP contribution in [0.1, 0.15) is 22.0 Å². The number of carbonyl (C=O) groups excluding carboxylic acids is 3. The maximum Gasteiger partial charge on any atom is 0.327 e. The standard InChI is InChI=1S/C22H23Cl2N3O4/c1-31-22(30)20(15-6-2-4-8-17(15)23)27-12-10-26(11-13-27)19(28)14-25-21(29)16-7-3-5-9-18(16)24/h2-9,20H,10-14H2,1H3,(H,25,29). The van der Waals surface area contributed by atoms with Crippen LogP contribution in [-0.2, 0) is 14.3 Å². The zero-order chi connectivity index (χ0) is 22.4. The molecule has 1 N–H and O–H groups in total. The van der Waals surface area contributed by atoms with Crippen LogP contribution in [0.3, 0.4) is 0 Å². The number of esters is 1.